The number of rotatable bonds is 5. The highest BCUT2D eigenvalue weighted by Crippen LogP contribution is 2.21. The molecule has 5 nitrogen and oxygen atoms in total. The fourth-order valence-corrected chi connectivity index (χ4v) is 2.71. The zero-order chi connectivity index (χ0) is 17.8. The number of aromatic nitrogens is 2. The lowest BCUT2D eigenvalue weighted by atomic mass is 10.2. The van der Waals surface area contributed by atoms with E-state index in [1.54, 1.807) is 23.1 Å². The fourth-order valence-electron chi connectivity index (χ4n) is 2.31. The summed E-state index contributed by atoms with van der Waals surface area (Å²) in [6.07, 6.45) is 1.60. The summed E-state index contributed by atoms with van der Waals surface area (Å²) in [7, 11) is 0. The molecule has 0 bridgehead atoms. The van der Waals surface area contributed by atoms with E-state index in [0.29, 0.717) is 28.1 Å². The van der Waals surface area contributed by atoms with Gasteiger partial charge in [0.05, 0.1) is 19.4 Å². The Hall–Kier alpha value is -2.38. The maximum Gasteiger partial charge on any atom is 0.172 e. The van der Waals surface area contributed by atoms with Crippen LogP contribution in [-0.2, 0) is 13.1 Å². The Bertz CT molecular complexity index is 859. The first-order chi connectivity index (χ1) is 12.0. The smallest absolute Gasteiger partial charge is 0.172 e. The molecule has 0 saturated carbocycles. The van der Waals surface area contributed by atoms with Crippen LogP contribution in [0.25, 0.3) is 0 Å². The molecule has 0 aliphatic heterocycles. The van der Waals surface area contributed by atoms with Gasteiger partial charge in [0.25, 0.3) is 0 Å². The van der Waals surface area contributed by atoms with Crippen molar-refractivity contribution in [2.45, 2.75) is 20.0 Å². The number of aryl methyl sites for hydroxylation is 1. The molecule has 0 aliphatic carbocycles. The van der Waals surface area contributed by atoms with Gasteiger partial charge in [-0.3, -0.25) is 4.68 Å². The van der Waals surface area contributed by atoms with Crippen LogP contribution >= 0.6 is 23.8 Å². The summed E-state index contributed by atoms with van der Waals surface area (Å²) in [5.41, 5.74) is 1.26. The molecule has 3 aromatic rings. The van der Waals surface area contributed by atoms with Gasteiger partial charge in [0.2, 0.25) is 0 Å². The van der Waals surface area contributed by atoms with Crippen LogP contribution in [0.4, 0.5) is 10.2 Å². The van der Waals surface area contributed by atoms with Crippen molar-refractivity contribution in [3.63, 3.8) is 0 Å². The van der Waals surface area contributed by atoms with Crippen molar-refractivity contribution in [3.05, 3.63) is 70.5 Å². The zero-order valence-corrected chi connectivity index (χ0v) is 15.0. The highest BCUT2D eigenvalue weighted by Gasteiger charge is 2.11. The summed E-state index contributed by atoms with van der Waals surface area (Å²) in [6.45, 7) is 2.60. The first kappa shape index (κ1) is 17.4. The van der Waals surface area contributed by atoms with E-state index in [4.69, 9.17) is 28.2 Å². The number of nitrogens with zero attached hydrogens (tertiary/aromatic N) is 2. The average Bonchev–Trinajstić information content (AvgIpc) is 3.19. The van der Waals surface area contributed by atoms with Gasteiger partial charge in [-0.25, -0.2) is 4.39 Å². The van der Waals surface area contributed by atoms with Crippen LogP contribution < -0.4 is 10.6 Å². The third-order valence-corrected chi connectivity index (χ3v) is 4.20. The number of halogens is 2. The van der Waals surface area contributed by atoms with Gasteiger partial charge >= 0.3 is 0 Å². The average molecular weight is 379 g/mol. The van der Waals surface area contributed by atoms with Gasteiger partial charge < -0.3 is 15.1 Å². The molecule has 2 N–H and O–H groups in total. The molecule has 0 atom stereocenters. The van der Waals surface area contributed by atoms with E-state index in [1.807, 2.05) is 25.1 Å². The molecular formula is C17H16ClFN4OS. The van der Waals surface area contributed by atoms with Gasteiger partial charge in [0.15, 0.2) is 10.9 Å². The molecule has 2 aromatic heterocycles. The number of benzene rings is 1. The van der Waals surface area contributed by atoms with Crippen LogP contribution in [0, 0.1) is 12.7 Å². The Labute approximate surface area is 154 Å². The molecule has 25 heavy (non-hydrogen) atoms. The Balaban J connectivity index is 1.65. The Morgan fingerprint density at radius 3 is 2.92 bits per heavy atom. The molecule has 0 radical (unpaired) electrons. The molecule has 130 valence electrons. The number of nitrogens with one attached hydrogen (secondary N) is 2. The maximum atomic E-state index is 13.9. The number of hydrogen-bond acceptors (Lipinski definition) is 3. The fraction of sp³-hybridized carbons (Fsp3) is 0.176. The first-order valence-electron chi connectivity index (χ1n) is 7.57. The normalized spacial score (nSPS) is 10.7. The summed E-state index contributed by atoms with van der Waals surface area (Å²) >= 11 is 11.3. The minimum Gasteiger partial charge on any atom is -0.467 e. The van der Waals surface area contributed by atoms with Crippen LogP contribution in [-0.4, -0.2) is 14.9 Å². The van der Waals surface area contributed by atoms with Crippen molar-refractivity contribution >= 4 is 34.7 Å². The Morgan fingerprint density at radius 2 is 2.20 bits per heavy atom. The van der Waals surface area contributed by atoms with E-state index in [-0.39, 0.29) is 12.4 Å². The molecule has 0 fully saturated rings. The van der Waals surface area contributed by atoms with Crippen LogP contribution in [0.15, 0.2) is 47.1 Å². The summed E-state index contributed by atoms with van der Waals surface area (Å²) in [6, 6.07) is 10.1. The van der Waals surface area contributed by atoms with Crippen LogP contribution in [0.3, 0.4) is 0 Å². The lowest BCUT2D eigenvalue weighted by Crippen LogP contribution is -2.28. The van der Waals surface area contributed by atoms with Crippen molar-refractivity contribution in [3.8, 4) is 0 Å². The summed E-state index contributed by atoms with van der Waals surface area (Å²) in [5.74, 6) is 0.995. The second-order valence-corrected chi connectivity index (χ2v) is 6.23. The van der Waals surface area contributed by atoms with Gasteiger partial charge in [0, 0.05) is 22.3 Å². The second kappa shape index (κ2) is 7.67. The molecule has 0 amide bonds. The zero-order valence-electron chi connectivity index (χ0n) is 13.4. The molecule has 8 heteroatoms. The topological polar surface area (TPSA) is 55.0 Å². The van der Waals surface area contributed by atoms with Crippen molar-refractivity contribution in [2.24, 2.45) is 0 Å². The quantitative estimate of drug-likeness (QED) is 0.654. The summed E-state index contributed by atoms with van der Waals surface area (Å²) in [4.78, 5) is 0. The maximum absolute atomic E-state index is 13.9. The van der Waals surface area contributed by atoms with E-state index >= 15 is 0 Å². The van der Waals surface area contributed by atoms with Gasteiger partial charge in [-0.15, -0.1) is 0 Å². The van der Waals surface area contributed by atoms with Gasteiger partial charge in [0.1, 0.15) is 11.6 Å². The van der Waals surface area contributed by atoms with E-state index < -0.39 is 0 Å². The van der Waals surface area contributed by atoms with E-state index in [2.05, 4.69) is 15.7 Å². The molecule has 2 heterocycles. The predicted molar refractivity (Wildman–Crippen MR) is 99.2 cm³/mol. The summed E-state index contributed by atoms with van der Waals surface area (Å²) < 4.78 is 20.8. The Morgan fingerprint density at radius 1 is 1.36 bits per heavy atom. The van der Waals surface area contributed by atoms with E-state index in [9.17, 15) is 4.39 Å². The lowest BCUT2D eigenvalue weighted by Gasteiger charge is -2.08. The van der Waals surface area contributed by atoms with Crippen molar-refractivity contribution in [1.82, 2.24) is 15.1 Å². The minimum atomic E-state index is -0.354. The van der Waals surface area contributed by atoms with Gasteiger partial charge in [-0.05, 0) is 43.4 Å². The number of anilines is 1. The molecule has 3 rings (SSSR count). The molecule has 0 aliphatic rings. The first-order valence-corrected chi connectivity index (χ1v) is 8.36. The highest BCUT2D eigenvalue weighted by molar-refractivity contribution is 7.80. The molecular weight excluding hydrogens is 363 g/mol. The third kappa shape index (κ3) is 4.37. The number of thiocarbonyl (C=S) groups is 1. The molecule has 0 spiro atoms. The third-order valence-electron chi connectivity index (χ3n) is 3.60. The number of furan rings is 1. The van der Waals surface area contributed by atoms with Gasteiger partial charge in [-0.1, -0.05) is 17.7 Å². The largest absolute Gasteiger partial charge is 0.467 e. The standard InChI is InChI=1S/C17H16ClFN4OS/c1-11-8-16(21-17(25)20-9-12-4-3-7-24-12)22-23(11)10-13-14(18)5-2-6-15(13)19/h2-8H,9-10H2,1H3,(H2,20,21,22,25). The minimum absolute atomic E-state index is 0.242. The van der Waals surface area contributed by atoms with Crippen LogP contribution in [0.2, 0.25) is 5.02 Å². The van der Waals surface area contributed by atoms with Crippen molar-refractivity contribution in [2.75, 3.05) is 5.32 Å². The second-order valence-electron chi connectivity index (χ2n) is 5.42. The molecule has 0 saturated heterocycles. The van der Waals surface area contributed by atoms with Crippen LogP contribution in [0.5, 0.6) is 0 Å². The lowest BCUT2D eigenvalue weighted by molar-refractivity contribution is 0.503. The summed E-state index contributed by atoms with van der Waals surface area (Å²) in [5, 5.41) is 11.2. The van der Waals surface area contributed by atoms with Gasteiger partial charge in [-0.2, -0.15) is 5.10 Å². The highest BCUT2D eigenvalue weighted by atomic mass is 35.5. The molecule has 0 unspecified atom stereocenters. The monoisotopic (exact) mass is 378 g/mol. The van der Waals surface area contributed by atoms with E-state index in [0.717, 1.165) is 11.5 Å². The Kier molecular flexibility index (Phi) is 5.35. The van der Waals surface area contributed by atoms with Crippen LogP contribution in [0.1, 0.15) is 17.0 Å². The predicted octanol–water partition coefficient (Wildman–Crippen LogP) is 4.11. The van der Waals surface area contributed by atoms with Crippen molar-refractivity contribution < 1.29 is 8.81 Å². The molecule has 1 aromatic carbocycles. The van der Waals surface area contributed by atoms with E-state index in [1.165, 1.54) is 6.07 Å². The number of hydrogen-bond donors (Lipinski definition) is 2. The SMILES string of the molecule is Cc1cc(NC(=S)NCc2ccco2)nn1Cc1c(F)cccc1Cl. The van der Waals surface area contributed by atoms with Crippen molar-refractivity contribution in [1.29, 1.82) is 0 Å².